The zero-order chi connectivity index (χ0) is 21.8. The number of benzene rings is 2. The molecule has 1 N–H and O–H groups in total. The molecule has 4 aromatic rings. The van der Waals surface area contributed by atoms with Gasteiger partial charge < -0.3 is 10.1 Å². The molecule has 0 bridgehead atoms. The summed E-state index contributed by atoms with van der Waals surface area (Å²) in [6, 6.07) is 12.2. The second-order valence-electron chi connectivity index (χ2n) is 6.68. The molecule has 2 aromatic heterocycles. The van der Waals surface area contributed by atoms with Gasteiger partial charge in [0, 0.05) is 29.5 Å². The van der Waals surface area contributed by atoms with Crippen LogP contribution < -0.4 is 10.1 Å². The van der Waals surface area contributed by atoms with Gasteiger partial charge in [-0.3, -0.25) is 14.8 Å². The molecular weight excluding hydrogens is 424 g/mol. The largest absolute Gasteiger partial charge is 0.481 e. The van der Waals surface area contributed by atoms with E-state index in [1.165, 1.54) is 12.4 Å². The fraction of sp³-hybridized carbons (Fsp3) is 0.0870. The van der Waals surface area contributed by atoms with Crippen LogP contribution in [0.1, 0.15) is 17.2 Å². The number of nitrogens with one attached hydrogen (secondary N) is 1. The molecule has 0 saturated carbocycles. The van der Waals surface area contributed by atoms with E-state index in [2.05, 4.69) is 15.3 Å². The fourth-order valence-corrected chi connectivity index (χ4v) is 3.42. The third-order valence-corrected chi connectivity index (χ3v) is 4.98. The highest BCUT2D eigenvalue weighted by Gasteiger charge is 2.21. The van der Waals surface area contributed by atoms with Crippen molar-refractivity contribution in [3.8, 4) is 5.75 Å². The van der Waals surface area contributed by atoms with Crippen molar-refractivity contribution in [3.05, 3.63) is 101 Å². The zero-order valence-electron chi connectivity index (χ0n) is 16.1. The Morgan fingerprint density at radius 2 is 1.87 bits per heavy atom. The number of rotatable bonds is 6. The molecule has 0 saturated heterocycles. The lowest BCUT2D eigenvalue weighted by atomic mass is 9.99. The van der Waals surface area contributed by atoms with E-state index in [1.807, 2.05) is 0 Å². The fourth-order valence-electron chi connectivity index (χ4n) is 3.21. The normalized spacial score (nSPS) is 11.8. The van der Waals surface area contributed by atoms with E-state index in [9.17, 15) is 13.6 Å². The lowest BCUT2D eigenvalue weighted by molar-refractivity contribution is -0.123. The molecule has 1 amide bonds. The first kappa shape index (κ1) is 20.7. The van der Waals surface area contributed by atoms with Crippen molar-refractivity contribution >= 4 is 28.4 Å². The minimum Gasteiger partial charge on any atom is -0.481 e. The number of amides is 1. The number of nitrogens with zero attached hydrogens (tertiary/aromatic N) is 2. The summed E-state index contributed by atoms with van der Waals surface area (Å²) in [5.74, 6) is -1.39. The molecule has 8 heteroatoms. The molecule has 4 rings (SSSR count). The maximum Gasteiger partial charge on any atom is 0.258 e. The average molecular weight is 440 g/mol. The van der Waals surface area contributed by atoms with E-state index in [-0.39, 0.29) is 12.2 Å². The zero-order valence-corrected chi connectivity index (χ0v) is 16.8. The van der Waals surface area contributed by atoms with Crippen molar-refractivity contribution in [1.29, 1.82) is 0 Å². The molecule has 0 fully saturated rings. The molecule has 0 radical (unpaired) electrons. The highest BCUT2D eigenvalue weighted by atomic mass is 35.5. The molecule has 1 atom stereocenters. The van der Waals surface area contributed by atoms with Gasteiger partial charge in [-0.1, -0.05) is 11.6 Å². The van der Waals surface area contributed by atoms with Gasteiger partial charge in [-0.05, 0) is 60.2 Å². The molecule has 5 nitrogen and oxygen atoms in total. The second kappa shape index (κ2) is 9.06. The first-order valence-corrected chi connectivity index (χ1v) is 9.71. The second-order valence-corrected chi connectivity index (χ2v) is 7.09. The summed E-state index contributed by atoms with van der Waals surface area (Å²) in [7, 11) is 0. The summed E-state index contributed by atoms with van der Waals surface area (Å²) in [5.41, 5.74) is 1.06. The summed E-state index contributed by atoms with van der Waals surface area (Å²) in [4.78, 5) is 20.8. The van der Waals surface area contributed by atoms with Crippen LogP contribution in [0, 0.1) is 11.6 Å². The minimum absolute atomic E-state index is 0.00170. The summed E-state index contributed by atoms with van der Waals surface area (Å²) >= 11 is 6.18. The number of ether oxygens (including phenoxy) is 1. The molecule has 0 aliphatic carbocycles. The van der Waals surface area contributed by atoms with Crippen LogP contribution in [0.5, 0.6) is 5.75 Å². The van der Waals surface area contributed by atoms with Gasteiger partial charge in [-0.25, -0.2) is 8.78 Å². The van der Waals surface area contributed by atoms with Gasteiger partial charge in [0.15, 0.2) is 6.61 Å². The maximum atomic E-state index is 14.4. The van der Waals surface area contributed by atoms with Crippen LogP contribution in [-0.4, -0.2) is 22.5 Å². The van der Waals surface area contributed by atoms with Crippen LogP contribution in [0.3, 0.4) is 0 Å². The van der Waals surface area contributed by atoms with E-state index in [0.29, 0.717) is 27.2 Å². The van der Waals surface area contributed by atoms with E-state index >= 15 is 0 Å². The Labute approximate surface area is 181 Å². The average Bonchev–Trinajstić information content (AvgIpc) is 2.79. The Balaban J connectivity index is 1.56. The van der Waals surface area contributed by atoms with Crippen molar-refractivity contribution in [2.24, 2.45) is 0 Å². The summed E-state index contributed by atoms with van der Waals surface area (Å²) in [5, 5.41) is 3.91. The Bertz CT molecular complexity index is 1240. The SMILES string of the molecule is O=C(COc1ccc(Cl)c2cccnc12)NC(c1ccncc1)c1cc(F)ccc1F. The molecule has 0 aliphatic rings. The smallest absolute Gasteiger partial charge is 0.258 e. The number of hydrogen-bond acceptors (Lipinski definition) is 4. The van der Waals surface area contributed by atoms with Gasteiger partial charge in [0.05, 0.1) is 11.1 Å². The molecule has 156 valence electrons. The van der Waals surface area contributed by atoms with Gasteiger partial charge in [-0.15, -0.1) is 0 Å². The summed E-state index contributed by atoms with van der Waals surface area (Å²) in [6.07, 6.45) is 4.61. The highest BCUT2D eigenvalue weighted by molar-refractivity contribution is 6.35. The van der Waals surface area contributed by atoms with Crippen molar-refractivity contribution in [2.45, 2.75) is 6.04 Å². The van der Waals surface area contributed by atoms with Crippen LogP contribution in [0.15, 0.2) is 73.2 Å². The molecule has 1 unspecified atom stereocenters. The van der Waals surface area contributed by atoms with Crippen molar-refractivity contribution in [1.82, 2.24) is 15.3 Å². The number of halogens is 3. The number of carbonyl (C=O) groups is 1. The monoisotopic (exact) mass is 439 g/mol. The number of pyridine rings is 2. The Hall–Kier alpha value is -3.58. The predicted octanol–water partition coefficient (Wildman–Crippen LogP) is 4.85. The quantitative estimate of drug-likeness (QED) is 0.466. The number of aromatic nitrogens is 2. The first-order chi connectivity index (χ1) is 15.0. The van der Waals surface area contributed by atoms with Gasteiger partial charge in [0.2, 0.25) is 0 Å². The molecule has 0 spiro atoms. The van der Waals surface area contributed by atoms with Crippen LogP contribution >= 0.6 is 11.6 Å². The summed E-state index contributed by atoms with van der Waals surface area (Å²) in [6.45, 7) is -0.355. The van der Waals surface area contributed by atoms with Gasteiger partial charge >= 0.3 is 0 Å². The standard InChI is InChI=1S/C23H16ClF2N3O2/c24-18-4-6-20(23-16(18)2-1-9-28-23)31-13-21(30)29-22(14-7-10-27-11-8-14)17-12-15(25)3-5-19(17)26/h1-12,22H,13H2,(H,29,30). The summed E-state index contributed by atoms with van der Waals surface area (Å²) < 4.78 is 33.9. The predicted molar refractivity (Wildman–Crippen MR) is 113 cm³/mol. The van der Waals surface area contributed by atoms with Gasteiger partial charge in [0.25, 0.3) is 5.91 Å². The topological polar surface area (TPSA) is 64.1 Å². The van der Waals surface area contributed by atoms with Gasteiger partial charge in [0.1, 0.15) is 22.9 Å². The number of carbonyl (C=O) groups excluding carboxylic acids is 1. The third kappa shape index (κ3) is 4.62. The third-order valence-electron chi connectivity index (χ3n) is 4.65. The molecule has 31 heavy (non-hydrogen) atoms. The maximum absolute atomic E-state index is 14.4. The lowest BCUT2D eigenvalue weighted by Gasteiger charge is -2.20. The Morgan fingerprint density at radius 1 is 1.06 bits per heavy atom. The first-order valence-electron chi connectivity index (χ1n) is 9.33. The van der Waals surface area contributed by atoms with Crippen LogP contribution in [0.2, 0.25) is 5.02 Å². The molecular formula is C23H16ClF2N3O2. The molecule has 2 aromatic carbocycles. The van der Waals surface area contributed by atoms with Crippen molar-refractivity contribution in [3.63, 3.8) is 0 Å². The minimum atomic E-state index is -0.921. The van der Waals surface area contributed by atoms with Crippen molar-refractivity contribution in [2.75, 3.05) is 6.61 Å². The highest BCUT2D eigenvalue weighted by Crippen LogP contribution is 2.30. The van der Waals surface area contributed by atoms with Crippen LogP contribution in [0.4, 0.5) is 8.78 Å². The van der Waals surface area contributed by atoms with Crippen LogP contribution in [0.25, 0.3) is 10.9 Å². The lowest BCUT2D eigenvalue weighted by Crippen LogP contribution is -2.33. The van der Waals surface area contributed by atoms with E-state index in [1.54, 1.807) is 42.6 Å². The van der Waals surface area contributed by atoms with Crippen molar-refractivity contribution < 1.29 is 18.3 Å². The molecule has 0 aliphatic heterocycles. The number of fused-ring (bicyclic) bond motifs is 1. The number of hydrogen-bond donors (Lipinski definition) is 1. The van der Waals surface area contributed by atoms with E-state index < -0.39 is 23.6 Å². The Kier molecular flexibility index (Phi) is 6.04. The van der Waals surface area contributed by atoms with E-state index in [0.717, 1.165) is 18.2 Å². The van der Waals surface area contributed by atoms with Crippen LogP contribution in [-0.2, 0) is 4.79 Å². The Morgan fingerprint density at radius 3 is 2.68 bits per heavy atom. The van der Waals surface area contributed by atoms with Gasteiger partial charge in [-0.2, -0.15) is 0 Å². The molecule has 2 heterocycles. The van der Waals surface area contributed by atoms with E-state index in [4.69, 9.17) is 16.3 Å².